The molecule has 3 heterocycles. The molecule has 0 bridgehead atoms. The van der Waals surface area contributed by atoms with Crippen LogP contribution in [0.3, 0.4) is 0 Å². The molecule has 144 valence electrons. The van der Waals surface area contributed by atoms with Gasteiger partial charge in [0.15, 0.2) is 0 Å². The van der Waals surface area contributed by atoms with Gasteiger partial charge in [-0.1, -0.05) is 20.8 Å². The Bertz CT molecular complexity index is 606. The summed E-state index contributed by atoms with van der Waals surface area (Å²) in [7, 11) is 0. The minimum Gasteiger partial charge on any atom is -0.356 e. The smallest absolute Gasteiger partial charge is 0.225 e. The summed E-state index contributed by atoms with van der Waals surface area (Å²) >= 11 is 0. The van der Waals surface area contributed by atoms with E-state index in [0.29, 0.717) is 5.92 Å². The minimum atomic E-state index is -0.329. The first-order chi connectivity index (χ1) is 12.4. The summed E-state index contributed by atoms with van der Waals surface area (Å²) < 4.78 is 0. The van der Waals surface area contributed by atoms with Crippen molar-refractivity contribution in [1.82, 2.24) is 15.3 Å². The molecule has 1 N–H and O–H groups in total. The van der Waals surface area contributed by atoms with Crippen molar-refractivity contribution >= 4 is 17.5 Å². The summed E-state index contributed by atoms with van der Waals surface area (Å²) in [6.07, 6.45) is 7.81. The number of carbonyl (C=O) groups is 1. The van der Waals surface area contributed by atoms with Crippen LogP contribution >= 0.6 is 0 Å². The molecule has 3 rings (SSSR count). The fourth-order valence-corrected chi connectivity index (χ4v) is 3.75. The van der Waals surface area contributed by atoms with Crippen molar-refractivity contribution in [2.75, 3.05) is 42.5 Å². The average molecular weight is 360 g/mol. The van der Waals surface area contributed by atoms with E-state index in [0.717, 1.165) is 57.2 Å². The number of aromatic nitrogens is 2. The van der Waals surface area contributed by atoms with Crippen molar-refractivity contribution in [2.24, 2.45) is 11.3 Å². The number of carbonyl (C=O) groups excluding carboxylic acids is 1. The molecule has 1 aromatic heterocycles. The van der Waals surface area contributed by atoms with Crippen LogP contribution in [-0.2, 0) is 4.79 Å². The molecule has 1 amide bonds. The van der Waals surface area contributed by atoms with Gasteiger partial charge in [0, 0.05) is 44.2 Å². The lowest BCUT2D eigenvalue weighted by molar-refractivity contribution is -0.128. The third-order valence-corrected chi connectivity index (χ3v) is 5.39. The molecule has 1 unspecified atom stereocenters. The number of anilines is 2. The Morgan fingerprint density at radius 3 is 2.42 bits per heavy atom. The number of rotatable bonds is 4. The van der Waals surface area contributed by atoms with Gasteiger partial charge in [0.05, 0.1) is 0 Å². The molecular formula is C20H33N5O. The van der Waals surface area contributed by atoms with Crippen LogP contribution in [-0.4, -0.2) is 48.6 Å². The number of hydrogen-bond acceptors (Lipinski definition) is 5. The van der Waals surface area contributed by atoms with Gasteiger partial charge in [0.2, 0.25) is 5.91 Å². The molecular weight excluding hydrogens is 326 g/mol. The third-order valence-electron chi connectivity index (χ3n) is 5.39. The van der Waals surface area contributed by atoms with E-state index in [1.807, 2.05) is 20.8 Å². The van der Waals surface area contributed by atoms with Crippen LogP contribution in [0.15, 0.2) is 12.4 Å². The maximum absolute atomic E-state index is 12.1. The van der Waals surface area contributed by atoms with Gasteiger partial charge in [-0.25, -0.2) is 9.97 Å². The SMILES string of the molecule is CC(C)(C)C(=O)NCC1CCCN(c2cc(N3CCCCC3)ncn2)C1. The zero-order chi connectivity index (χ0) is 18.6. The number of nitrogens with zero attached hydrogens (tertiary/aromatic N) is 4. The molecule has 0 aliphatic carbocycles. The van der Waals surface area contributed by atoms with Gasteiger partial charge in [0.25, 0.3) is 0 Å². The molecule has 2 aliphatic heterocycles. The maximum atomic E-state index is 12.1. The standard InChI is InChI=1S/C20H33N5O/c1-20(2,3)19(26)21-13-16-8-7-11-25(14-16)18-12-17(22-15-23-18)24-9-5-4-6-10-24/h12,15-16H,4-11,13-14H2,1-3H3,(H,21,26). The quantitative estimate of drug-likeness (QED) is 0.896. The zero-order valence-corrected chi connectivity index (χ0v) is 16.5. The maximum Gasteiger partial charge on any atom is 0.225 e. The highest BCUT2D eigenvalue weighted by molar-refractivity contribution is 5.81. The van der Waals surface area contributed by atoms with E-state index in [9.17, 15) is 4.79 Å². The second-order valence-electron chi connectivity index (χ2n) is 8.70. The first-order valence-electron chi connectivity index (χ1n) is 10.0. The van der Waals surface area contributed by atoms with Crippen molar-refractivity contribution in [3.63, 3.8) is 0 Å². The Kier molecular flexibility index (Phi) is 5.99. The molecule has 0 saturated carbocycles. The van der Waals surface area contributed by atoms with Crippen LogP contribution in [0.4, 0.5) is 11.6 Å². The lowest BCUT2D eigenvalue weighted by atomic mass is 9.94. The highest BCUT2D eigenvalue weighted by atomic mass is 16.2. The first-order valence-corrected chi connectivity index (χ1v) is 10.0. The monoisotopic (exact) mass is 359 g/mol. The summed E-state index contributed by atoms with van der Waals surface area (Å²) in [5.74, 6) is 2.68. The van der Waals surface area contributed by atoms with Gasteiger partial charge in [-0.3, -0.25) is 4.79 Å². The second kappa shape index (κ2) is 8.23. The second-order valence-corrected chi connectivity index (χ2v) is 8.70. The lowest BCUT2D eigenvalue weighted by Gasteiger charge is -2.35. The summed E-state index contributed by atoms with van der Waals surface area (Å²) in [5, 5.41) is 3.12. The van der Waals surface area contributed by atoms with Crippen molar-refractivity contribution in [3.8, 4) is 0 Å². The number of amides is 1. The molecule has 1 atom stereocenters. The van der Waals surface area contributed by atoms with Crippen molar-refractivity contribution in [2.45, 2.75) is 52.9 Å². The van der Waals surface area contributed by atoms with Crippen molar-refractivity contribution in [1.29, 1.82) is 0 Å². The molecule has 0 radical (unpaired) electrons. The Labute approximate surface area is 157 Å². The van der Waals surface area contributed by atoms with E-state index in [2.05, 4.69) is 31.2 Å². The molecule has 2 fully saturated rings. The van der Waals surface area contributed by atoms with Crippen LogP contribution in [0.25, 0.3) is 0 Å². The van der Waals surface area contributed by atoms with Gasteiger partial charge in [0.1, 0.15) is 18.0 Å². The van der Waals surface area contributed by atoms with Crippen molar-refractivity contribution in [3.05, 3.63) is 12.4 Å². The molecule has 26 heavy (non-hydrogen) atoms. The Balaban J connectivity index is 1.59. The Hall–Kier alpha value is -1.85. The zero-order valence-electron chi connectivity index (χ0n) is 16.5. The molecule has 2 saturated heterocycles. The van der Waals surface area contributed by atoms with E-state index < -0.39 is 0 Å². The van der Waals surface area contributed by atoms with Crippen molar-refractivity contribution < 1.29 is 4.79 Å². The van der Waals surface area contributed by atoms with Crippen LogP contribution in [0.5, 0.6) is 0 Å². The summed E-state index contributed by atoms with van der Waals surface area (Å²) in [6.45, 7) is 10.8. The van der Waals surface area contributed by atoms with Gasteiger partial charge in [-0.05, 0) is 38.0 Å². The Morgan fingerprint density at radius 1 is 1.08 bits per heavy atom. The summed E-state index contributed by atoms with van der Waals surface area (Å²) in [5.41, 5.74) is -0.329. The van der Waals surface area contributed by atoms with Gasteiger partial charge in [-0.15, -0.1) is 0 Å². The van der Waals surface area contributed by atoms with Gasteiger partial charge >= 0.3 is 0 Å². The molecule has 2 aliphatic rings. The average Bonchev–Trinajstić information content (AvgIpc) is 2.66. The molecule has 1 aromatic rings. The van der Waals surface area contributed by atoms with E-state index in [4.69, 9.17) is 0 Å². The van der Waals surface area contributed by atoms with Gasteiger partial charge < -0.3 is 15.1 Å². The summed E-state index contributed by atoms with van der Waals surface area (Å²) in [4.78, 5) is 25.9. The molecule has 0 aromatic carbocycles. The number of hydrogen-bond donors (Lipinski definition) is 1. The molecule has 0 spiro atoms. The van der Waals surface area contributed by atoms with Crippen LogP contribution < -0.4 is 15.1 Å². The highest BCUT2D eigenvalue weighted by Crippen LogP contribution is 2.25. The van der Waals surface area contributed by atoms with E-state index in [-0.39, 0.29) is 11.3 Å². The Morgan fingerprint density at radius 2 is 1.73 bits per heavy atom. The first kappa shape index (κ1) is 18.9. The van der Waals surface area contributed by atoms with Gasteiger partial charge in [-0.2, -0.15) is 0 Å². The highest BCUT2D eigenvalue weighted by Gasteiger charge is 2.25. The number of piperidine rings is 2. The molecule has 6 nitrogen and oxygen atoms in total. The normalized spacial score (nSPS) is 21.6. The fraction of sp³-hybridized carbons (Fsp3) is 0.750. The van der Waals surface area contributed by atoms with Crippen LogP contribution in [0.2, 0.25) is 0 Å². The topological polar surface area (TPSA) is 61.4 Å². The lowest BCUT2D eigenvalue weighted by Crippen LogP contribution is -2.43. The predicted molar refractivity (Wildman–Crippen MR) is 105 cm³/mol. The minimum absolute atomic E-state index is 0.129. The van der Waals surface area contributed by atoms with E-state index in [1.165, 1.54) is 19.3 Å². The predicted octanol–water partition coefficient (Wildman–Crippen LogP) is 2.85. The largest absolute Gasteiger partial charge is 0.356 e. The number of nitrogens with one attached hydrogen (secondary N) is 1. The van der Waals surface area contributed by atoms with E-state index in [1.54, 1.807) is 6.33 Å². The van der Waals surface area contributed by atoms with E-state index >= 15 is 0 Å². The third kappa shape index (κ3) is 4.86. The fourth-order valence-electron chi connectivity index (χ4n) is 3.75. The van der Waals surface area contributed by atoms with Crippen LogP contribution in [0, 0.1) is 11.3 Å². The molecule has 6 heteroatoms. The van der Waals surface area contributed by atoms with Crippen LogP contribution in [0.1, 0.15) is 52.9 Å². The summed E-state index contributed by atoms with van der Waals surface area (Å²) in [6, 6.07) is 2.14.